The summed E-state index contributed by atoms with van der Waals surface area (Å²) in [5, 5.41) is 0.441. The predicted octanol–water partition coefficient (Wildman–Crippen LogP) is 5.13. The summed E-state index contributed by atoms with van der Waals surface area (Å²) in [4.78, 5) is 27.5. The fraction of sp³-hybridized carbons (Fsp3) is 0.0556. The Morgan fingerprint density at radius 3 is 2.50 bits per heavy atom. The third-order valence-electron chi connectivity index (χ3n) is 3.29. The van der Waals surface area contributed by atoms with E-state index in [1.807, 2.05) is 0 Å². The number of esters is 2. The molecule has 26 heavy (non-hydrogen) atoms. The van der Waals surface area contributed by atoms with Crippen molar-refractivity contribution in [2.45, 2.75) is 6.92 Å². The highest BCUT2D eigenvalue weighted by Crippen LogP contribution is 2.36. The van der Waals surface area contributed by atoms with Crippen LogP contribution in [0, 0.1) is 0 Å². The van der Waals surface area contributed by atoms with Crippen molar-refractivity contribution in [3.63, 3.8) is 0 Å². The van der Waals surface area contributed by atoms with Crippen molar-refractivity contribution >= 4 is 67.4 Å². The van der Waals surface area contributed by atoms with Crippen molar-refractivity contribution < 1.29 is 19.1 Å². The van der Waals surface area contributed by atoms with Gasteiger partial charge in [0.05, 0.1) is 19.5 Å². The highest BCUT2D eigenvalue weighted by atomic mass is 79.9. The number of carbonyl (C=O) groups excluding carboxylic acids is 2. The standard InChI is InChI=1S/C18H10Br2ClNO4/c1-9(23)25-16-12(19)6-10(7-13(16)20)8-15-18(24)26-17(22-15)11-4-2-3-5-14(11)21/h2-8H,1H3/b15-8-. The summed E-state index contributed by atoms with van der Waals surface area (Å²) in [5.74, 6) is -0.502. The van der Waals surface area contributed by atoms with Gasteiger partial charge < -0.3 is 9.47 Å². The third kappa shape index (κ3) is 4.06. The van der Waals surface area contributed by atoms with Crippen molar-refractivity contribution in [3.8, 4) is 5.75 Å². The van der Waals surface area contributed by atoms with Crippen LogP contribution >= 0.6 is 43.5 Å². The normalized spacial score (nSPS) is 15.0. The lowest BCUT2D eigenvalue weighted by Gasteiger charge is -2.08. The number of ether oxygens (including phenoxy) is 2. The Labute approximate surface area is 170 Å². The molecular weight excluding hydrogens is 489 g/mol. The molecule has 3 rings (SSSR count). The Bertz CT molecular complexity index is 962. The van der Waals surface area contributed by atoms with Gasteiger partial charge in [0.25, 0.3) is 0 Å². The maximum atomic E-state index is 12.1. The SMILES string of the molecule is CC(=O)Oc1c(Br)cc(/C=C2\N=C(c3ccccc3Cl)OC2=O)cc1Br. The molecule has 0 fully saturated rings. The molecule has 2 aromatic carbocycles. The van der Waals surface area contributed by atoms with Crippen LogP contribution in [-0.4, -0.2) is 17.8 Å². The van der Waals surface area contributed by atoms with Crippen molar-refractivity contribution in [3.05, 3.63) is 67.2 Å². The average Bonchev–Trinajstić information content (AvgIpc) is 2.92. The monoisotopic (exact) mass is 497 g/mol. The Morgan fingerprint density at radius 2 is 1.88 bits per heavy atom. The second kappa shape index (κ2) is 7.73. The van der Waals surface area contributed by atoms with Crippen molar-refractivity contribution in [2.75, 3.05) is 0 Å². The van der Waals surface area contributed by atoms with Crippen LogP contribution < -0.4 is 4.74 Å². The molecule has 0 saturated carbocycles. The lowest BCUT2D eigenvalue weighted by Crippen LogP contribution is -2.05. The Kier molecular flexibility index (Phi) is 5.60. The smallest absolute Gasteiger partial charge is 0.363 e. The zero-order valence-electron chi connectivity index (χ0n) is 13.3. The largest absolute Gasteiger partial charge is 0.424 e. The molecule has 1 aliphatic rings. The molecule has 0 radical (unpaired) electrons. The van der Waals surface area contributed by atoms with E-state index in [0.29, 0.717) is 30.8 Å². The number of benzene rings is 2. The molecule has 0 bridgehead atoms. The first-order valence-electron chi connectivity index (χ1n) is 7.30. The van der Waals surface area contributed by atoms with E-state index in [0.717, 1.165) is 0 Å². The minimum absolute atomic E-state index is 0.138. The lowest BCUT2D eigenvalue weighted by atomic mass is 10.2. The first-order valence-corrected chi connectivity index (χ1v) is 9.26. The summed E-state index contributed by atoms with van der Waals surface area (Å²) in [6.45, 7) is 1.31. The summed E-state index contributed by atoms with van der Waals surface area (Å²) in [6, 6.07) is 10.4. The summed E-state index contributed by atoms with van der Waals surface area (Å²) in [6.07, 6.45) is 1.57. The van der Waals surface area contributed by atoms with E-state index in [1.165, 1.54) is 6.92 Å². The molecule has 0 aromatic heterocycles. The summed E-state index contributed by atoms with van der Waals surface area (Å²) >= 11 is 12.8. The van der Waals surface area contributed by atoms with Crippen LogP contribution in [-0.2, 0) is 14.3 Å². The summed E-state index contributed by atoms with van der Waals surface area (Å²) in [7, 11) is 0. The molecule has 1 aliphatic heterocycles. The Balaban J connectivity index is 1.96. The van der Waals surface area contributed by atoms with Crippen molar-refractivity contribution in [2.24, 2.45) is 4.99 Å². The average molecular weight is 500 g/mol. The third-order valence-corrected chi connectivity index (χ3v) is 4.80. The molecule has 5 nitrogen and oxygen atoms in total. The van der Waals surface area contributed by atoms with Gasteiger partial charge in [-0.1, -0.05) is 23.7 Å². The molecule has 0 unspecified atom stereocenters. The van der Waals surface area contributed by atoms with Gasteiger partial charge in [-0.15, -0.1) is 0 Å². The van der Waals surface area contributed by atoms with E-state index < -0.39 is 11.9 Å². The van der Waals surface area contributed by atoms with Gasteiger partial charge in [-0.3, -0.25) is 4.79 Å². The molecule has 8 heteroatoms. The number of nitrogens with zero attached hydrogens (tertiary/aromatic N) is 1. The van der Waals surface area contributed by atoms with Gasteiger partial charge in [0.15, 0.2) is 11.4 Å². The van der Waals surface area contributed by atoms with E-state index in [9.17, 15) is 9.59 Å². The van der Waals surface area contributed by atoms with Gasteiger partial charge in [-0.2, -0.15) is 0 Å². The molecule has 1 heterocycles. The van der Waals surface area contributed by atoms with E-state index >= 15 is 0 Å². The first-order chi connectivity index (χ1) is 12.3. The molecule has 0 saturated heterocycles. The zero-order chi connectivity index (χ0) is 18.8. The topological polar surface area (TPSA) is 65.0 Å². The first kappa shape index (κ1) is 18.8. The number of aliphatic imine (C=N–C) groups is 1. The molecule has 0 atom stereocenters. The Hall–Kier alpha value is -1.96. The van der Waals surface area contributed by atoms with Crippen LogP contribution in [0.3, 0.4) is 0 Å². The van der Waals surface area contributed by atoms with Crippen LogP contribution in [0.5, 0.6) is 5.75 Å². The fourth-order valence-electron chi connectivity index (χ4n) is 2.22. The number of hydrogen-bond acceptors (Lipinski definition) is 5. The van der Waals surface area contributed by atoms with Gasteiger partial charge in [-0.25, -0.2) is 9.79 Å². The molecule has 0 amide bonds. The number of halogens is 3. The van der Waals surface area contributed by atoms with E-state index in [-0.39, 0.29) is 11.6 Å². The van der Waals surface area contributed by atoms with E-state index in [1.54, 1.807) is 42.5 Å². The highest BCUT2D eigenvalue weighted by molar-refractivity contribution is 9.11. The predicted molar refractivity (Wildman–Crippen MR) is 105 cm³/mol. The zero-order valence-corrected chi connectivity index (χ0v) is 17.2. The molecular formula is C18H10Br2ClNO4. The van der Waals surface area contributed by atoms with Gasteiger partial charge in [0, 0.05) is 6.92 Å². The molecule has 0 N–H and O–H groups in total. The fourth-order valence-corrected chi connectivity index (χ4v) is 3.82. The second-order valence-corrected chi connectivity index (χ2v) is 7.34. The van der Waals surface area contributed by atoms with Crippen LogP contribution in [0.4, 0.5) is 0 Å². The maximum Gasteiger partial charge on any atom is 0.363 e. The van der Waals surface area contributed by atoms with Gasteiger partial charge >= 0.3 is 11.9 Å². The van der Waals surface area contributed by atoms with E-state index in [2.05, 4.69) is 36.9 Å². The number of rotatable bonds is 3. The van der Waals surface area contributed by atoms with E-state index in [4.69, 9.17) is 21.1 Å². The molecule has 2 aromatic rings. The van der Waals surface area contributed by atoms with Gasteiger partial charge in [0.2, 0.25) is 5.90 Å². The molecule has 0 aliphatic carbocycles. The molecule has 0 spiro atoms. The second-order valence-electron chi connectivity index (χ2n) is 5.22. The minimum Gasteiger partial charge on any atom is -0.424 e. The summed E-state index contributed by atoms with van der Waals surface area (Å²) < 4.78 is 11.4. The quantitative estimate of drug-likeness (QED) is 0.334. The Morgan fingerprint density at radius 1 is 1.23 bits per heavy atom. The van der Waals surface area contributed by atoms with Gasteiger partial charge in [-0.05, 0) is 67.8 Å². The van der Waals surface area contributed by atoms with Crippen LogP contribution in [0.1, 0.15) is 18.1 Å². The number of hydrogen-bond donors (Lipinski definition) is 0. The maximum absolute atomic E-state index is 12.1. The van der Waals surface area contributed by atoms with Gasteiger partial charge in [0.1, 0.15) is 0 Å². The highest BCUT2D eigenvalue weighted by Gasteiger charge is 2.25. The van der Waals surface area contributed by atoms with Crippen LogP contribution in [0.2, 0.25) is 5.02 Å². The van der Waals surface area contributed by atoms with Crippen LogP contribution in [0.15, 0.2) is 56.0 Å². The van der Waals surface area contributed by atoms with Crippen molar-refractivity contribution in [1.29, 1.82) is 0 Å². The van der Waals surface area contributed by atoms with Crippen LogP contribution in [0.25, 0.3) is 6.08 Å². The molecule has 132 valence electrons. The van der Waals surface area contributed by atoms with Crippen molar-refractivity contribution in [1.82, 2.24) is 0 Å². The minimum atomic E-state index is -0.573. The number of cyclic esters (lactones) is 1. The lowest BCUT2D eigenvalue weighted by molar-refractivity contribution is -0.132. The number of carbonyl (C=O) groups is 2. The summed E-state index contributed by atoms with van der Waals surface area (Å²) in [5.41, 5.74) is 1.34.